The van der Waals surface area contributed by atoms with Gasteiger partial charge in [-0.15, -0.1) is 4.40 Å². The predicted molar refractivity (Wildman–Crippen MR) is 63.8 cm³/mol. The number of rotatable bonds is 4. The Hall–Kier alpha value is -0.780. The summed E-state index contributed by atoms with van der Waals surface area (Å²) in [5.74, 6) is 0. The SMILES string of the molecule is CCOC=NS(=O)(=O)c1ccc(Cl)c(Cl)c1. The normalized spacial score (nSPS) is 11.9. The molecule has 0 amide bonds. The number of hydrogen-bond donors (Lipinski definition) is 0. The first-order valence-electron chi connectivity index (χ1n) is 4.33. The van der Waals surface area contributed by atoms with Crippen LogP contribution in [0.3, 0.4) is 0 Å². The molecule has 1 aromatic rings. The van der Waals surface area contributed by atoms with Gasteiger partial charge < -0.3 is 4.74 Å². The molecule has 0 heterocycles. The zero-order valence-electron chi connectivity index (χ0n) is 8.35. The van der Waals surface area contributed by atoms with E-state index in [4.69, 9.17) is 27.9 Å². The summed E-state index contributed by atoms with van der Waals surface area (Å²) in [6.07, 6.45) is 0.887. The highest BCUT2D eigenvalue weighted by molar-refractivity contribution is 7.90. The minimum atomic E-state index is -3.77. The van der Waals surface area contributed by atoms with Crippen molar-refractivity contribution in [2.75, 3.05) is 6.61 Å². The molecule has 0 aliphatic heterocycles. The summed E-state index contributed by atoms with van der Waals surface area (Å²) in [7, 11) is -3.77. The fourth-order valence-electron chi connectivity index (χ4n) is 0.860. The molecule has 1 rings (SSSR count). The fraction of sp³-hybridized carbons (Fsp3) is 0.222. The lowest BCUT2D eigenvalue weighted by atomic mass is 10.4. The van der Waals surface area contributed by atoms with Crippen molar-refractivity contribution in [1.29, 1.82) is 0 Å². The molecule has 1 aromatic carbocycles. The first kappa shape index (κ1) is 13.3. The van der Waals surface area contributed by atoms with E-state index >= 15 is 0 Å². The molecule has 0 N–H and O–H groups in total. The number of nitrogens with zero attached hydrogens (tertiary/aromatic N) is 1. The lowest BCUT2D eigenvalue weighted by Gasteiger charge is -2.00. The molecule has 0 aliphatic carbocycles. The molecule has 88 valence electrons. The number of ether oxygens (including phenoxy) is 1. The Kier molecular flexibility index (Phi) is 4.58. The van der Waals surface area contributed by atoms with Crippen LogP contribution in [0.2, 0.25) is 10.0 Å². The molecule has 4 nitrogen and oxygen atoms in total. The maximum atomic E-state index is 11.6. The minimum absolute atomic E-state index is 0.0298. The van der Waals surface area contributed by atoms with E-state index in [0.717, 1.165) is 6.40 Å². The maximum Gasteiger partial charge on any atom is 0.285 e. The van der Waals surface area contributed by atoms with Crippen molar-refractivity contribution < 1.29 is 13.2 Å². The van der Waals surface area contributed by atoms with Gasteiger partial charge in [-0.25, -0.2) is 0 Å². The van der Waals surface area contributed by atoms with E-state index in [-0.39, 0.29) is 14.9 Å². The number of halogens is 2. The molecule has 0 saturated heterocycles. The average Bonchev–Trinajstić information content (AvgIpc) is 2.22. The van der Waals surface area contributed by atoms with Crippen LogP contribution in [0, 0.1) is 0 Å². The molecule has 0 aliphatic rings. The van der Waals surface area contributed by atoms with Crippen molar-refractivity contribution in [2.24, 2.45) is 4.40 Å². The Labute approximate surface area is 104 Å². The smallest absolute Gasteiger partial charge is 0.285 e. The highest BCUT2D eigenvalue weighted by atomic mass is 35.5. The van der Waals surface area contributed by atoms with Crippen LogP contribution < -0.4 is 0 Å². The third kappa shape index (κ3) is 3.37. The molecular weight excluding hydrogens is 273 g/mol. The summed E-state index contributed by atoms with van der Waals surface area (Å²) in [5, 5.41) is 0.448. The van der Waals surface area contributed by atoms with Crippen molar-refractivity contribution >= 4 is 39.6 Å². The van der Waals surface area contributed by atoms with Gasteiger partial charge in [0.25, 0.3) is 10.0 Å². The highest BCUT2D eigenvalue weighted by Crippen LogP contribution is 2.25. The van der Waals surface area contributed by atoms with Crippen LogP contribution in [0.4, 0.5) is 0 Å². The monoisotopic (exact) mass is 281 g/mol. The molecule has 7 heteroatoms. The van der Waals surface area contributed by atoms with Gasteiger partial charge in [-0.2, -0.15) is 8.42 Å². The van der Waals surface area contributed by atoms with E-state index in [0.29, 0.717) is 6.61 Å². The minimum Gasteiger partial charge on any atom is -0.483 e. The van der Waals surface area contributed by atoms with Gasteiger partial charge in [-0.05, 0) is 25.1 Å². The number of hydrogen-bond acceptors (Lipinski definition) is 3. The van der Waals surface area contributed by atoms with Gasteiger partial charge >= 0.3 is 0 Å². The zero-order chi connectivity index (χ0) is 12.2. The van der Waals surface area contributed by atoms with Gasteiger partial charge in [0.05, 0.1) is 21.5 Å². The van der Waals surface area contributed by atoms with Crippen LogP contribution in [0.15, 0.2) is 27.5 Å². The molecular formula is C9H9Cl2NO3S. The lowest BCUT2D eigenvalue weighted by molar-refractivity contribution is 0.344. The summed E-state index contributed by atoms with van der Waals surface area (Å²) >= 11 is 11.4. The summed E-state index contributed by atoms with van der Waals surface area (Å²) in [4.78, 5) is -0.0298. The van der Waals surface area contributed by atoms with E-state index < -0.39 is 10.0 Å². The number of sulfonamides is 1. The van der Waals surface area contributed by atoms with Crippen molar-refractivity contribution in [3.63, 3.8) is 0 Å². The van der Waals surface area contributed by atoms with Crippen LogP contribution in [0.1, 0.15) is 6.92 Å². The van der Waals surface area contributed by atoms with E-state index in [9.17, 15) is 8.42 Å². The Morgan fingerprint density at radius 1 is 1.38 bits per heavy atom. The third-order valence-corrected chi connectivity index (χ3v) is 3.56. The lowest BCUT2D eigenvalue weighted by Crippen LogP contribution is -1.98. The van der Waals surface area contributed by atoms with Crippen LogP contribution >= 0.6 is 23.2 Å². The van der Waals surface area contributed by atoms with Crippen molar-refractivity contribution in [3.8, 4) is 0 Å². The van der Waals surface area contributed by atoms with E-state index in [1.807, 2.05) is 0 Å². The molecule has 0 radical (unpaired) electrons. The molecule has 0 spiro atoms. The Morgan fingerprint density at radius 2 is 2.06 bits per heavy atom. The fourth-order valence-corrected chi connectivity index (χ4v) is 2.03. The van der Waals surface area contributed by atoms with E-state index in [2.05, 4.69) is 4.40 Å². The largest absolute Gasteiger partial charge is 0.483 e. The van der Waals surface area contributed by atoms with Gasteiger partial charge in [0.2, 0.25) is 0 Å². The van der Waals surface area contributed by atoms with Gasteiger partial charge in [-0.3, -0.25) is 0 Å². The molecule has 0 bridgehead atoms. The number of benzene rings is 1. The average molecular weight is 282 g/mol. The molecule has 0 saturated carbocycles. The second-order valence-corrected chi connectivity index (χ2v) is 5.16. The van der Waals surface area contributed by atoms with Crippen molar-refractivity contribution in [1.82, 2.24) is 0 Å². The second-order valence-electron chi connectivity index (χ2n) is 2.72. The van der Waals surface area contributed by atoms with E-state index in [1.54, 1.807) is 6.92 Å². The molecule has 0 fully saturated rings. The summed E-state index contributed by atoms with van der Waals surface area (Å²) in [5.41, 5.74) is 0. The van der Waals surface area contributed by atoms with Crippen LogP contribution in [0.25, 0.3) is 0 Å². The maximum absolute atomic E-state index is 11.6. The molecule has 16 heavy (non-hydrogen) atoms. The third-order valence-electron chi connectivity index (χ3n) is 1.61. The van der Waals surface area contributed by atoms with E-state index in [1.165, 1.54) is 18.2 Å². The van der Waals surface area contributed by atoms with Crippen LogP contribution in [-0.4, -0.2) is 21.4 Å². The summed E-state index contributed by atoms with van der Waals surface area (Å²) < 4.78 is 31.2. The predicted octanol–water partition coefficient (Wildman–Crippen LogP) is 2.75. The first-order chi connectivity index (χ1) is 7.47. The summed E-state index contributed by atoms with van der Waals surface area (Å²) in [6, 6.07) is 3.96. The zero-order valence-corrected chi connectivity index (χ0v) is 10.7. The summed E-state index contributed by atoms with van der Waals surface area (Å²) in [6.45, 7) is 2.07. The Bertz CT molecular complexity index is 499. The molecule has 0 unspecified atom stereocenters. The topological polar surface area (TPSA) is 55.7 Å². The Balaban J connectivity index is 3.03. The van der Waals surface area contributed by atoms with Crippen LogP contribution in [-0.2, 0) is 14.8 Å². The Morgan fingerprint density at radius 3 is 2.62 bits per heavy atom. The van der Waals surface area contributed by atoms with Gasteiger partial charge in [-0.1, -0.05) is 23.2 Å². The second kappa shape index (κ2) is 5.52. The molecule has 0 atom stereocenters. The van der Waals surface area contributed by atoms with Gasteiger partial charge in [0.15, 0.2) is 6.40 Å². The van der Waals surface area contributed by atoms with Crippen LogP contribution in [0.5, 0.6) is 0 Å². The van der Waals surface area contributed by atoms with Crippen molar-refractivity contribution in [3.05, 3.63) is 28.2 Å². The standard InChI is InChI=1S/C9H9Cl2NO3S/c1-2-15-6-12-16(13,14)7-3-4-8(10)9(11)5-7/h3-6H,2H2,1H3. The first-order valence-corrected chi connectivity index (χ1v) is 6.52. The van der Waals surface area contributed by atoms with Gasteiger partial charge in [0, 0.05) is 0 Å². The quantitative estimate of drug-likeness (QED) is 0.630. The molecule has 0 aromatic heterocycles. The highest BCUT2D eigenvalue weighted by Gasteiger charge is 2.13. The van der Waals surface area contributed by atoms with Crippen molar-refractivity contribution in [2.45, 2.75) is 11.8 Å². The van der Waals surface area contributed by atoms with Gasteiger partial charge in [0.1, 0.15) is 0 Å².